The van der Waals surface area contributed by atoms with E-state index in [1.807, 2.05) is 0 Å². The summed E-state index contributed by atoms with van der Waals surface area (Å²) in [5, 5.41) is 2.43. The molecule has 5 heteroatoms. The molecular formula is C11H22N2O3. The molecule has 0 aromatic heterocycles. The van der Waals surface area contributed by atoms with Gasteiger partial charge >= 0.3 is 0 Å². The van der Waals surface area contributed by atoms with Gasteiger partial charge in [0.1, 0.15) is 0 Å². The first kappa shape index (κ1) is 17.0. The largest absolute Gasteiger partial charge is 0.370 e. The van der Waals surface area contributed by atoms with Crippen LogP contribution in [-0.2, 0) is 14.4 Å². The third kappa shape index (κ3) is 12.6. The van der Waals surface area contributed by atoms with Crippen molar-refractivity contribution in [2.45, 2.75) is 53.0 Å². The van der Waals surface area contributed by atoms with Gasteiger partial charge < -0.3 is 11.1 Å². The van der Waals surface area contributed by atoms with E-state index in [9.17, 15) is 14.4 Å². The van der Waals surface area contributed by atoms with Gasteiger partial charge in [-0.1, -0.05) is 20.3 Å². The number of ketones is 1. The molecule has 0 fully saturated rings. The van der Waals surface area contributed by atoms with Gasteiger partial charge in [0, 0.05) is 19.8 Å². The summed E-state index contributed by atoms with van der Waals surface area (Å²) >= 11 is 0. The molecule has 0 aliphatic rings. The normalized spacial score (nSPS) is 10.8. The number of carbonyl (C=O) groups is 3. The maximum atomic E-state index is 11.2. The molecule has 0 spiro atoms. The highest BCUT2D eigenvalue weighted by Crippen LogP contribution is 1.95. The molecule has 0 aliphatic heterocycles. The number of amides is 2. The average Bonchev–Trinajstić information content (AvgIpc) is 2.14. The smallest absolute Gasteiger partial charge is 0.217 e. The first-order valence-electron chi connectivity index (χ1n) is 5.43. The molecule has 0 rings (SSSR count). The van der Waals surface area contributed by atoms with Crippen LogP contribution in [0.4, 0.5) is 0 Å². The van der Waals surface area contributed by atoms with E-state index in [1.165, 1.54) is 13.3 Å². The molecule has 0 unspecified atom stereocenters. The Hall–Kier alpha value is -1.39. The molecule has 94 valence electrons. The van der Waals surface area contributed by atoms with Gasteiger partial charge in [0.25, 0.3) is 0 Å². The number of primary amides is 1. The Morgan fingerprint density at radius 3 is 1.94 bits per heavy atom. The van der Waals surface area contributed by atoms with Crippen molar-refractivity contribution in [1.29, 1.82) is 0 Å². The third-order valence-corrected chi connectivity index (χ3v) is 1.52. The third-order valence-electron chi connectivity index (χ3n) is 1.52. The first-order valence-corrected chi connectivity index (χ1v) is 5.43. The standard InChI is InChI=1S/C8H14N2O3.C3H8/c1-5(10-6(2)11)7(12)3-4-8(9)13;1-3-2/h5H,3-4H2,1-2H3,(H2,9,13)(H,10,11);3H2,1-2H3/t5-;/m0./s1. The number of nitrogens with one attached hydrogen (secondary N) is 1. The van der Waals surface area contributed by atoms with Crippen molar-refractivity contribution in [2.75, 3.05) is 0 Å². The van der Waals surface area contributed by atoms with Gasteiger partial charge in [-0.15, -0.1) is 0 Å². The summed E-state index contributed by atoms with van der Waals surface area (Å²) < 4.78 is 0. The summed E-state index contributed by atoms with van der Waals surface area (Å²) in [7, 11) is 0. The Labute approximate surface area is 96.8 Å². The number of hydrogen-bond acceptors (Lipinski definition) is 3. The quantitative estimate of drug-likeness (QED) is 0.730. The highest BCUT2D eigenvalue weighted by atomic mass is 16.2. The zero-order valence-electron chi connectivity index (χ0n) is 10.5. The van der Waals surface area contributed by atoms with Gasteiger partial charge in [-0.3, -0.25) is 14.4 Å². The maximum Gasteiger partial charge on any atom is 0.217 e. The summed E-state index contributed by atoms with van der Waals surface area (Å²) in [5.74, 6) is -0.961. The molecule has 0 aromatic carbocycles. The summed E-state index contributed by atoms with van der Waals surface area (Å²) in [6.45, 7) is 7.16. The van der Waals surface area contributed by atoms with Crippen LogP contribution in [0.3, 0.4) is 0 Å². The Bertz CT molecular complexity index is 239. The Morgan fingerprint density at radius 2 is 1.62 bits per heavy atom. The first-order chi connectivity index (χ1) is 7.34. The van der Waals surface area contributed by atoms with E-state index in [0.29, 0.717) is 0 Å². The zero-order valence-corrected chi connectivity index (χ0v) is 10.5. The number of carbonyl (C=O) groups excluding carboxylic acids is 3. The van der Waals surface area contributed by atoms with Crippen LogP contribution in [0.2, 0.25) is 0 Å². The van der Waals surface area contributed by atoms with E-state index >= 15 is 0 Å². The van der Waals surface area contributed by atoms with Crippen LogP contribution < -0.4 is 11.1 Å². The van der Waals surface area contributed by atoms with Crippen LogP contribution >= 0.6 is 0 Å². The lowest BCUT2D eigenvalue weighted by Gasteiger charge is -2.09. The lowest BCUT2D eigenvalue weighted by Crippen LogP contribution is -2.37. The number of Topliss-reactive ketones (excluding diaryl/α,β-unsaturated/α-hetero) is 1. The van der Waals surface area contributed by atoms with Gasteiger partial charge in [-0.2, -0.15) is 0 Å². The molecule has 3 N–H and O–H groups in total. The molecule has 0 saturated carbocycles. The van der Waals surface area contributed by atoms with E-state index in [-0.39, 0.29) is 24.5 Å². The molecule has 0 bridgehead atoms. The van der Waals surface area contributed by atoms with Crippen LogP contribution in [0.15, 0.2) is 0 Å². The minimum Gasteiger partial charge on any atom is -0.370 e. The minimum absolute atomic E-state index is 0.0305. The molecule has 0 radical (unpaired) electrons. The van der Waals surface area contributed by atoms with Gasteiger partial charge in [0.05, 0.1) is 6.04 Å². The van der Waals surface area contributed by atoms with E-state index < -0.39 is 11.9 Å². The highest BCUT2D eigenvalue weighted by molar-refractivity contribution is 5.90. The predicted octanol–water partition coefficient (Wildman–Crippen LogP) is 0.762. The predicted molar refractivity (Wildman–Crippen MR) is 62.7 cm³/mol. The van der Waals surface area contributed by atoms with Crippen LogP contribution in [0, 0.1) is 0 Å². The molecule has 16 heavy (non-hydrogen) atoms. The van der Waals surface area contributed by atoms with E-state index in [1.54, 1.807) is 6.92 Å². The summed E-state index contributed by atoms with van der Waals surface area (Å²) in [6, 6.07) is -0.545. The summed E-state index contributed by atoms with van der Waals surface area (Å²) in [4.78, 5) is 32.0. The van der Waals surface area contributed by atoms with Crippen molar-refractivity contribution in [3.8, 4) is 0 Å². The van der Waals surface area contributed by atoms with Gasteiger partial charge in [-0.05, 0) is 6.92 Å². The minimum atomic E-state index is -0.545. The molecule has 0 aromatic rings. The fourth-order valence-electron chi connectivity index (χ4n) is 0.848. The van der Waals surface area contributed by atoms with Crippen LogP contribution in [0.5, 0.6) is 0 Å². The molecule has 0 heterocycles. The number of hydrogen-bond donors (Lipinski definition) is 2. The SMILES string of the molecule is CC(=O)N[C@@H](C)C(=O)CCC(N)=O.CCC. The van der Waals surface area contributed by atoms with E-state index in [2.05, 4.69) is 19.2 Å². The van der Waals surface area contributed by atoms with E-state index in [4.69, 9.17) is 5.73 Å². The van der Waals surface area contributed by atoms with E-state index in [0.717, 1.165) is 0 Å². The lowest BCUT2D eigenvalue weighted by molar-refractivity contribution is -0.127. The van der Waals surface area contributed by atoms with Crippen molar-refractivity contribution in [3.63, 3.8) is 0 Å². The second-order valence-corrected chi connectivity index (χ2v) is 3.56. The van der Waals surface area contributed by atoms with Crippen LogP contribution in [0.25, 0.3) is 0 Å². The van der Waals surface area contributed by atoms with Gasteiger partial charge in [0.2, 0.25) is 11.8 Å². The fourth-order valence-corrected chi connectivity index (χ4v) is 0.848. The Kier molecular flexibility index (Phi) is 10.8. The monoisotopic (exact) mass is 230 g/mol. The molecule has 5 nitrogen and oxygen atoms in total. The second kappa shape index (κ2) is 10.1. The van der Waals surface area contributed by atoms with Crippen molar-refractivity contribution in [3.05, 3.63) is 0 Å². The molecule has 2 amide bonds. The average molecular weight is 230 g/mol. The van der Waals surface area contributed by atoms with Crippen molar-refractivity contribution in [1.82, 2.24) is 5.32 Å². The molecule has 0 saturated heterocycles. The maximum absolute atomic E-state index is 11.2. The topological polar surface area (TPSA) is 89.3 Å². The molecular weight excluding hydrogens is 208 g/mol. The van der Waals surface area contributed by atoms with Gasteiger partial charge in [0.15, 0.2) is 5.78 Å². The van der Waals surface area contributed by atoms with Crippen molar-refractivity contribution < 1.29 is 14.4 Å². The molecule has 1 atom stereocenters. The van der Waals surface area contributed by atoms with Crippen molar-refractivity contribution in [2.24, 2.45) is 5.73 Å². The summed E-state index contributed by atoms with van der Waals surface area (Å²) in [5.41, 5.74) is 4.86. The number of nitrogens with two attached hydrogens (primary N) is 1. The fraction of sp³-hybridized carbons (Fsp3) is 0.727. The number of rotatable bonds is 5. The Morgan fingerprint density at radius 1 is 1.19 bits per heavy atom. The molecule has 0 aliphatic carbocycles. The van der Waals surface area contributed by atoms with Gasteiger partial charge in [-0.25, -0.2) is 0 Å². The Balaban J connectivity index is 0. The van der Waals surface area contributed by atoms with Crippen LogP contribution in [0.1, 0.15) is 47.0 Å². The lowest BCUT2D eigenvalue weighted by atomic mass is 10.1. The highest BCUT2D eigenvalue weighted by Gasteiger charge is 2.13. The second-order valence-electron chi connectivity index (χ2n) is 3.56. The van der Waals surface area contributed by atoms with Crippen LogP contribution in [-0.4, -0.2) is 23.6 Å². The zero-order chi connectivity index (χ0) is 13.1. The summed E-state index contributed by atoms with van der Waals surface area (Å²) in [6.07, 6.45) is 1.36. The van der Waals surface area contributed by atoms with Crippen molar-refractivity contribution >= 4 is 17.6 Å².